The second kappa shape index (κ2) is 4.56. The summed E-state index contributed by atoms with van der Waals surface area (Å²) in [4.78, 5) is 0. The summed E-state index contributed by atoms with van der Waals surface area (Å²) < 4.78 is 12.1. The molecule has 2 heteroatoms. The van der Waals surface area contributed by atoms with Gasteiger partial charge in [-0.05, 0) is 53.7 Å². The topological polar surface area (TPSA) is 17.1 Å². The number of hydrogen-bond donors (Lipinski definition) is 0. The molecule has 2 aliphatic rings. The maximum atomic E-state index is 12.1. The Morgan fingerprint density at radius 3 is 2.65 bits per heavy atom. The summed E-state index contributed by atoms with van der Waals surface area (Å²) in [5.41, 5.74) is 4.08. The molecule has 4 rings (SSSR count). The van der Waals surface area contributed by atoms with Crippen LogP contribution in [0.5, 0.6) is 0 Å². The molecule has 2 aromatic carbocycles. The Balaban J connectivity index is 1.90. The van der Waals surface area contributed by atoms with Crippen LogP contribution in [0.15, 0.2) is 42.5 Å². The molecule has 102 valence electrons. The van der Waals surface area contributed by atoms with Crippen molar-refractivity contribution in [1.82, 2.24) is 0 Å². The molecule has 1 fully saturated rings. The van der Waals surface area contributed by atoms with E-state index in [4.69, 9.17) is 0 Å². The van der Waals surface area contributed by atoms with Crippen molar-refractivity contribution >= 4 is 27.1 Å². The van der Waals surface area contributed by atoms with Gasteiger partial charge in [-0.15, -0.1) is 0 Å². The predicted octanol–water partition coefficient (Wildman–Crippen LogP) is 4.22. The summed E-state index contributed by atoms with van der Waals surface area (Å²) in [5, 5.41) is 3.36. The lowest BCUT2D eigenvalue weighted by Gasteiger charge is -2.21. The standard InChI is InChI=1S/C18H18OS/c1-12-6-9-17(18-5-3-2-4-16(12)18)13-10-14-7-8-15(11-13)20(14)19/h2-6,9-10,14-15H,7-8,11H2,1H3. The molecule has 1 saturated heterocycles. The second-order valence-corrected chi connectivity index (χ2v) is 7.87. The predicted molar refractivity (Wildman–Crippen MR) is 86.2 cm³/mol. The average molecular weight is 282 g/mol. The van der Waals surface area contributed by atoms with E-state index in [0.717, 1.165) is 19.3 Å². The van der Waals surface area contributed by atoms with Gasteiger partial charge in [0.15, 0.2) is 0 Å². The molecule has 2 aromatic rings. The molecule has 1 nitrogen and oxygen atoms in total. The number of benzene rings is 2. The Kier molecular flexibility index (Phi) is 2.81. The van der Waals surface area contributed by atoms with Crippen molar-refractivity contribution in [3.63, 3.8) is 0 Å². The number of fused-ring (bicyclic) bond motifs is 3. The first-order chi connectivity index (χ1) is 9.74. The third-order valence-corrected chi connectivity index (χ3v) is 6.75. The first-order valence-electron chi connectivity index (χ1n) is 7.33. The van der Waals surface area contributed by atoms with Crippen LogP contribution in [-0.2, 0) is 10.8 Å². The zero-order chi connectivity index (χ0) is 13.7. The molecule has 20 heavy (non-hydrogen) atoms. The Morgan fingerprint density at radius 1 is 1.05 bits per heavy atom. The number of aryl methyl sites for hydroxylation is 1. The van der Waals surface area contributed by atoms with Crippen LogP contribution in [0.25, 0.3) is 16.3 Å². The van der Waals surface area contributed by atoms with Crippen molar-refractivity contribution in [2.45, 2.75) is 36.7 Å². The van der Waals surface area contributed by atoms with Crippen LogP contribution in [0.4, 0.5) is 0 Å². The van der Waals surface area contributed by atoms with Gasteiger partial charge in [0.05, 0.1) is 5.25 Å². The SMILES string of the molecule is Cc1ccc(C2=CC3CCC(C2)S3=O)c2ccccc12. The highest BCUT2D eigenvalue weighted by atomic mass is 32.2. The highest BCUT2D eigenvalue weighted by Gasteiger charge is 2.36. The molecule has 2 heterocycles. The van der Waals surface area contributed by atoms with Crippen molar-refractivity contribution in [3.8, 4) is 0 Å². The zero-order valence-electron chi connectivity index (χ0n) is 11.6. The maximum absolute atomic E-state index is 12.1. The third kappa shape index (κ3) is 1.78. The van der Waals surface area contributed by atoms with Gasteiger partial charge in [-0.1, -0.05) is 42.5 Å². The minimum atomic E-state index is -0.628. The Hall–Kier alpha value is -1.41. The fourth-order valence-electron chi connectivity index (χ4n) is 3.63. The quantitative estimate of drug-likeness (QED) is 0.765. The van der Waals surface area contributed by atoms with Crippen LogP contribution >= 0.6 is 0 Å². The normalized spacial score (nSPS) is 28.6. The summed E-state index contributed by atoms with van der Waals surface area (Å²) >= 11 is 0. The minimum Gasteiger partial charge on any atom is -0.259 e. The van der Waals surface area contributed by atoms with Crippen LogP contribution in [0.3, 0.4) is 0 Å². The van der Waals surface area contributed by atoms with E-state index in [0.29, 0.717) is 10.5 Å². The molecule has 2 aliphatic heterocycles. The number of allylic oxidation sites excluding steroid dienone is 1. The first kappa shape index (κ1) is 12.3. The molecule has 3 unspecified atom stereocenters. The van der Waals surface area contributed by atoms with Gasteiger partial charge in [0.25, 0.3) is 0 Å². The van der Waals surface area contributed by atoms with Crippen molar-refractivity contribution in [3.05, 3.63) is 53.6 Å². The summed E-state index contributed by atoms with van der Waals surface area (Å²) in [5.74, 6) is 0. The van der Waals surface area contributed by atoms with Crippen LogP contribution in [0.1, 0.15) is 30.4 Å². The van der Waals surface area contributed by atoms with Gasteiger partial charge in [-0.25, -0.2) is 0 Å². The molecule has 0 spiro atoms. The molecule has 0 aliphatic carbocycles. The molecule has 3 atom stereocenters. The van der Waals surface area contributed by atoms with E-state index in [1.165, 1.54) is 27.5 Å². The minimum absolute atomic E-state index is 0.295. The fraction of sp³-hybridized carbons (Fsp3) is 0.333. The van der Waals surface area contributed by atoms with Gasteiger partial charge in [-0.3, -0.25) is 4.21 Å². The van der Waals surface area contributed by atoms with Crippen LogP contribution in [0.2, 0.25) is 0 Å². The Labute approximate surface area is 122 Å². The lowest BCUT2D eigenvalue weighted by atomic mass is 9.93. The highest BCUT2D eigenvalue weighted by molar-refractivity contribution is 7.86. The molecular weight excluding hydrogens is 264 g/mol. The van der Waals surface area contributed by atoms with Crippen LogP contribution < -0.4 is 0 Å². The lowest BCUT2D eigenvalue weighted by molar-refractivity contribution is 0.674. The second-order valence-electron chi connectivity index (χ2n) is 5.94. The van der Waals surface area contributed by atoms with Crippen molar-refractivity contribution in [2.24, 2.45) is 0 Å². The van der Waals surface area contributed by atoms with E-state index >= 15 is 0 Å². The fourth-order valence-corrected chi connectivity index (χ4v) is 5.50. The maximum Gasteiger partial charge on any atom is 0.0536 e. The number of rotatable bonds is 1. The van der Waals surface area contributed by atoms with Gasteiger partial charge in [0.1, 0.15) is 0 Å². The zero-order valence-corrected chi connectivity index (χ0v) is 12.5. The van der Waals surface area contributed by atoms with E-state index in [-0.39, 0.29) is 0 Å². The lowest BCUT2D eigenvalue weighted by Crippen LogP contribution is -2.19. The monoisotopic (exact) mass is 282 g/mol. The molecule has 2 bridgehead atoms. The van der Waals surface area contributed by atoms with Gasteiger partial charge < -0.3 is 0 Å². The third-order valence-electron chi connectivity index (χ3n) is 4.72. The van der Waals surface area contributed by atoms with Gasteiger partial charge in [0, 0.05) is 16.0 Å². The van der Waals surface area contributed by atoms with Crippen molar-refractivity contribution in [2.75, 3.05) is 0 Å². The summed E-state index contributed by atoms with van der Waals surface area (Å²) in [7, 11) is -0.628. The average Bonchev–Trinajstić information content (AvgIpc) is 2.70. The Bertz CT molecular complexity index is 744. The number of hydrogen-bond acceptors (Lipinski definition) is 1. The van der Waals surface area contributed by atoms with Gasteiger partial charge in [-0.2, -0.15) is 0 Å². The first-order valence-corrected chi connectivity index (χ1v) is 8.60. The van der Waals surface area contributed by atoms with Gasteiger partial charge >= 0.3 is 0 Å². The molecule has 0 aromatic heterocycles. The molecule has 0 N–H and O–H groups in total. The molecule has 0 radical (unpaired) electrons. The summed E-state index contributed by atoms with van der Waals surface area (Å²) in [6.07, 6.45) is 5.50. The highest BCUT2D eigenvalue weighted by Crippen LogP contribution is 2.40. The van der Waals surface area contributed by atoms with Crippen LogP contribution in [0, 0.1) is 6.92 Å². The van der Waals surface area contributed by atoms with E-state index in [1.807, 2.05) is 0 Å². The molecule has 0 amide bonds. The van der Waals surface area contributed by atoms with E-state index < -0.39 is 10.8 Å². The Morgan fingerprint density at radius 2 is 1.85 bits per heavy atom. The smallest absolute Gasteiger partial charge is 0.0536 e. The van der Waals surface area contributed by atoms with E-state index in [1.54, 1.807) is 0 Å². The molecular formula is C18H18OS. The molecule has 0 saturated carbocycles. The van der Waals surface area contributed by atoms with Crippen molar-refractivity contribution < 1.29 is 4.21 Å². The van der Waals surface area contributed by atoms with E-state index in [2.05, 4.69) is 49.4 Å². The van der Waals surface area contributed by atoms with Crippen molar-refractivity contribution in [1.29, 1.82) is 0 Å². The van der Waals surface area contributed by atoms with E-state index in [9.17, 15) is 4.21 Å². The van der Waals surface area contributed by atoms with Crippen LogP contribution in [-0.4, -0.2) is 14.7 Å². The van der Waals surface area contributed by atoms with Gasteiger partial charge in [0.2, 0.25) is 0 Å². The summed E-state index contributed by atoms with van der Waals surface area (Å²) in [6, 6.07) is 13.1. The largest absolute Gasteiger partial charge is 0.259 e. The summed E-state index contributed by atoms with van der Waals surface area (Å²) in [6.45, 7) is 2.17.